The molecule has 0 nitrogen and oxygen atoms in total. The van der Waals surface area contributed by atoms with Crippen LogP contribution in [-0.2, 0) is 0 Å². The number of hydrogen-bond acceptors (Lipinski definition) is 0. The van der Waals surface area contributed by atoms with E-state index in [1.807, 2.05) is 0 Å². The lowest BCUT2D eigenvalue weighted by Crippen LogP contribution is -2.39. The van der Waals surface area contributed by atoms with Crippen LogP contribution in [0.3, 0.4) is 0 Å². The molecule has 2 aliphatic carbocycles. The van der Waals surface area contributed by atoms with Crippen LogP contribution in [0.5, 0.6) is 0 Å². The van der Waals surface area contributed by atoms with E-state index in [2.05, 4.69) is 34.3 Å². The Bertz CT molecular complexity index is 256. The van der Waals surface area contributed by atoms with Gasteiger partial charge in [0.25, 0.3) is 0 Å². The summed E-state index contributed by atoms with van der Waals surface area (Å²) in [6.45, 7) is 13.8. The van der Waals surface area contributed by atoms with Crippen LogP contribution in [0, 0.1) is 22.7 Å². The van der Waals surface area contributed by atoms with Crippen LogP contribution in [0.25, 0.3) is 0 Å². The summed E-state index contributed by atoms with van der Waals surface area (Å²) in [5.74, 6) is 1.93. The van der Waals surface area contributed by atoms with Crippen molar-refractivity contribution >= 4 is 0 Å². The molecule has 0 saturated heterocycles. The highest BCUT2D eigenvalue weighted by atomic mass is 14.5. The van der Waals surface area contributed by atoms with Crippen molar-refractivity contribution in [2.75, 3.05) is 0 Å². The smallest absolute Gasteiger partial charge is 0.0117 e. The van der Waals surface area contributed by atoms with Crippen molar-refractivity contribution in [2.45, 2.75) is 59.8 Å². The second-order valence-electron chi connectivity index (χ2n) is 7.29. The minimum Gasteiger partial charge on any atom is -0.0996 e. The van der Waals surface area contributed by atoms with Gasteiger partial charge >= 0.3 is 0 Å². The van der Waals surface area contributed by atoms with Crippen LogP contribution in [0.1, 0.15) is 59.8 Å². The third kappa shape index (κ3) is 2.14. The molecule has 0 aromatic heterocycles. The standard InChI is InChI=1S/C15H26/c1-11(2)15(5)9-12-6-13(10-15)8-14(3,4)7-12/h12-13H,1,6-10H2,2-5H3. The van der Waals surface area contributed by atoms with Crippen molar-refractivity contribution in [1.29, 1.82) is 0 Å². The van der Waals surface area contributed by atoms with E-state index in [9.17, 15) is 0 Å². The van der Waals surface area contributed by atoms with Crippen LogP contribution in [0.15, 0.2) is 12.2 Å². The maximum Gasteiger partial charge on any atom is -0.0117 e. The van der Waals surface area contributed by atoms with Gasteiger partial charge in [0, 0.05) is 0 Å². The summed E-state index contributed by atoms with van der Waals surface area (Å²) < 4.78 is 0. The summed E-state index contributed by atoms with van der Waals surface area (Å²) in [5.41, 5.74) is 2.46. The van der Waals surface area contributed by atoms with Gasteiger partial charge < -0.3 is 0 Å². The van der Waals surface area contributed by atoms with E-state index >= 15 is 0 Å². The van der Waals surface area contributed by atoms with E-state index in [0.29, 0.717) is 10.8 Å². The molecule has 0 heteroatoms. The van der Waals surface area contributed by atoms with Gasteiger partial charge in [-0.05, 0) is 61.7 Å². The Labute approximate surface area is 95.1 Å². The molecule has 0 heterocycles. The monoisotopic (exact) mass is 206 g/mol. The van der Waals surface area contributed by atoms with Crippen molar-refractivity contribution in [2.24, 2.45) is 22.7 Å². The fourth-order valence-corrected chi connectivity index (χ4v) is 4.30. The summed E-state index contributed by atoms with van der Waals surface area (Å²) in [6, 6.07) is 0. The SMILES string of the molecule is C=C(C)C1(C)CC2CC(CC(C)(C)C2)C1. The minimum absolute atomic E-state index is 0.448. The Morgan fingerprint density at radius 3 is 1.87 bits per heavy atom. The van der Waals surface area contributed by atoms with Crippen molar-refractivity contribution in [3.8, 4) is 0 Å². The molecule has 2 fully saturated rings. The van der Waals surface area contributed by atoms with Crippen LogP contribution in [-0.4, -0.2) is 0 Å². The second kappa shape index (κ2) is 3.37. The first-order valence-corrected chi connectivity index (χ1v) is 6.47. The molecule has 0 N–H and O–H groups in total. The maximum atomic E-state index is 4.21. The molecule has 2 rings (SSSR count). The van der Waals surface area contributed by atoms with Crippen LogP contribution in [0.2, 0.25) is 0 Å². The zero-order valence-electron chi connectivity index (χ0n) is 10.9. The molecular formula is C15H26. The molecule has 0 aromatic carbocycles. The Morgan fingerprint density at radius 2 is 1.47 bits per heavy atom. The molecule has 0 amide bonds. The van der Waals surface area contributed by atoms with Crippen molar-refractivity contribution < 1.29 is 0 Å². The van der Waals surface area contributed by atoms with Crippen LogP contribution < -0.4 is 0 Å². The third-order valence-corrected chi connectivity index (χ3v) is 4.86. The zero-order valence-corrected chi connectivity index (χ0v) is 10.9. The van der Waals surface area contributed by atoms with Crippen molar-refractivity contribution in [3.05, 3.63) is 12.2 Å². The van der Waals surface area contributed by atoms with Crippen molar-refractivity contribution in [3.63, 3.8) is 0 Å². The molecule has 2 bridgehead atoms. The van der Waals surface area contributed by atoms with Gasteiger partial charge in [-0.2, -0.15) is 0 Å². The first kappa shape index (κ1) is 11.2. The predicted octanol–water partition coefficient (Wildman–Crippen LogP) is 4.81. The largest absolute Gasteiger partial charge is 0.0996 e. The Morgan fingerprint density at radius 1 is 1.00 bits per heavy atom. The molecule has 0 radical (unpaired) electrons. The average Bonchev–Trinajstić information content (AvgIpc) is 1.97. The topological polar surface area (TPSA) is 0 Å². The van der Waals surface area contributed by atoms with E-state index in [4.69, 9.17) is 0 Å². The first-order chi connectivity index (χ1) is 6.81. The van der Waals surface area contributed by atoms with E-state index in [-0.39, 0.29) is 0 Å². The molecule has 2 aliphatic rings. The fraction of sp³-hybridized carbons (Fsp3) is 0.867. The highest BCUT2D eigenvalue weighted by Crippen LogP contribution is 2.55. The predicted molar refractivity (Wildman–Crippen MR) is 66.8 cm³/mol. The van der Waals surface area contributed by atoms with E-state index in [1.165, 1.54) is 37.7 Å². The lowest BCUT2D eigenvalue weighted by atomic mass is 9.54. The molecule has 2 saturated carbocycles. The van der Waals surface area contributed by atoms with E-state index in [0.717, 1.165) is 11.8 Å². The second-order valence-corrected chi connectivity index (χ2v) is 7.29. The maximum absolute atomic E-state index is 4.21. The number of hydrogen-bond donors (Lipinski definition) is 0. The minimum atomic E-state index is 0.448. The van der Waals surface area contributed by atoms with Gasteiger partial charge in [0.15, 0.2) is 0 Å². The lowest BCUT2D eigenvalue weighted by Gasteiger charge is -2.51. The summed E-state index contributed by atoms with van der Waals surface area (Å²) >= 11 is 0. The third-order valence-electron chi connectivity index (χ3n) is 4.86. The Balaban J connectivity index is 2.15. The van der Waals surface area contributed by atoms with Gasteiger partial charge in [-0.25, -0.2) is 0 Å². The number of allylic oxidation sites excluding steroid dienone is 1. The highest BCUT2D eigenvalue weighted by molar-refractivity contribution is 5.10. The molecule has 2 unspecified atom stereocenters. The van der Waals surface area contributed by atoms with Gasteiger partial charge in [-0.3, -0.25) is 0 Å². The van der Waals surface area contributed by atoms with Gasteiger partial charge in [0.2, 0.25) is 0 Å². The molecule has 0 aromatic rings. The zero-order chi connectivity index (χ0) is 11.3. The molecule has 15 heavy (non-hydrogen) atoms. The molecule has 0 aliphatic heterocycles. The number of rotatable bonds is 1. The van der Waals surface area contributed by atoms with Gasteiger partial charge in [-0.1, -0.05) is 32.9 Å². The van der Waals surface area contributed by atoms with Gasteiger partial charge in [-0.15, -0.1) is 0 Å². The highest BCUT2D eigenvalue weighted by Gasteiger charge is 2.44. The fourth-order valence-electron chi connectivity index (χ4n) is 4.30. The van der Waals surface area contributed by atoms with Crippen LogP contribution >= 0.6 is 0 Å². The summed E-state index contributed by atoms with van der Waals surface area (Å²) in [5, 5.41) is 0. The first-order valence-electron chi connectivity index (χ1n) is 6.47. The quantitative estimate of drug-likeness (QED) is 0.540. The Hall–Kier alpha value is -0.260. The summed E-state index contributed by atoms with van der Waals surface area (Å²) in [4.78, 5) is 0. The van der Waals surface area contributed by atoms with E-state index < -0.39 is 0 Å². The van der Waals surface area contributed by atoms with Gasteiger partial charge in [0.05, 0.1) is 0 Å². The normalized spacial score (nSPS) is 43.7. The molecule has 0 spiro atoms. The summed E-state index contributed by atoms with van der Waals surface area (Å²) in [6.07, 6.45) is 7.15. The molecular weight excluding hydrogens is 180 g/mol. The average molecular weight is 206 g/mol. The lowest BCUT2D eigenvalue weighted by molar-refractivity contribution is 0.0276. The molecule has 86 valence electrons. The van der Waals surface area contributed by atoms with Gasteiger partial charge in [0.1, 0.15) is 0 Å². The van der Waals surface area contributed by atoms with Crippen LogP contribution in [0.4, 0.5) is 0 Å². The van der Waals surface area contributed by atoms with E-state index in [1.54, 1.807) is 0 Å². The Kier molecular flexibility index (Phi) is 2.52. The number of fused-ring (bicyclic) bond motifs is 2. The summed E-state index contributed by atoms with van der Waals surface area (Å²) in [7, 11) is 0. The molecule has 2 atom stereocenters. The van der Waals surface area contributed by atoms with Crippen molar-refractivity contribution in [1.82, 2.24) is 0 Å².